The fourth-order valence-corrected chi connectivity index (χ4v) is 4.46. The molecule has 1 aromatic carbocycles. The Kier molecular flexibility index (Phi) is 6.34. The summed E-state index contributed by atoms with van der Waals surface area (Å²) in [5.41, 5.74) is 4.15. The van der Waals surface area contributed by atoms with Crippen LogP contribution >= 0.6 is 0 Å². The Morgan fingerprint density at radius 1 is 0.969 bits per heavy atom. The molecular weight excluding hydrogens is 406 g/mol. The van der Waals surface area contributed by atoms with Crippen LogP contribution in [-0.2, 0) is 20.8 Å². The number of hydrogen-bond donors (Lipinski definition) is 1. The molecule has 1 amide bonds. The Morgan fingerprint density at radius 2 is 1.75 bits per heavy atom. The van der Waals surface area contributed by atoms with Gasteiger partial charge in [0, 0.05) is 73.9 Å². The van der Waals surface area contributed by atoms with E-state index in [1.165, 1.54) is 0 Å². The van der Waals surface area contributed by atoms with E-state index in [9.17, 15) is 4.79 Å². The van der Waals surface area contributed by atoms with Crippen LogP contribution in [0.5, 0.6) is 0 Å². The summed E-state index contributed by atoms with van der Waals surface area (Å²) < 4.78 is 13.2. The average Bonchev–Trinajstić information content (AvgIpc) is 3.22. The molecule has 3 aromatic rings. The molecule has 0 spiro atoms. The highest BCUT2D eigenvalue weighted by molar-refractivity contribution is 5.98. The quantitative estimate of drug-likeness (QED) is 0.575. The predicted molar refractivity (Wildman–Crippen MR) is 125 cm³/mol. The molecule has 0 saturated carbocycles. The second kappa shape index (κ2) is 9.68. The summed E-state index contributed by atoms with van der Waals surface area (Å²) >= 11 is 0. The second-order valence-corrected chi connectivity index (χ2v) is 8.19. The minimum absolute atomic E-state index is 0.720. The summed E-state index contributed by atoms with van der Waals surface area (Å²) in [5, 5.41) is 3.93. The molecule has 4 heterocycles. The molecule has 5 rings (SSSR count). The zero-order valence-corrected chi connectivity index (χ0v) is 18.2. The number of rotatable bonds is 7. The third-order valence-electron chi connectivity index (χ3n) is 6.26. The minimum atomic E-state index is 0.720. The average molecular weight is 436 g/mol. The van der Waals surface area contributed by atoms with Gasteiger partial charge in [-0.25, -0.2) is 4.98 Å². The van der Waals surface area contributed by atoms with Gasteiger partial charge in [0.25, 0.3) is 0 Å². The van der Waals surface area contributed by atoms with Crippen molar-refractivity contribution in [3.63, 3.8) is 0 Å². The normalized spacial score (nSPS) is 17.6. The number of carbonyl (C=O) groups excluding carboxylic acids is 1. The van der Waals surface area contributed by atoms with Gasteiger partial charge in [-0.3, -0.25) is 9.69 Å². The number of nitrogens with one attached hydrogen (secondary N) is 1. The van der Waals surface area contributed by atoms with Gasteiger partial charge >= 0.3 is 0 Å². The number of morpholine rings is 2. The van der Waals surface area contributed by atoms with Crippen molar-refractivity contribution >= 4 is 28.8 Å². The fourth-order valence-electron chi connectivity index (χ4n) is 4.46. The van der Waals surface area contributed by atoms with Gasteiger partial charge in [-0.2, -0.15) is 0 Å². The van der Waals surface area contributed by atoms with E-state index in [1.54, 1.807) is 0 Å². The highest BCUT2D eigenvalue weighted by atomic mass is 16.5. The van der Waals surface area contributed by atoms with Gasteiger partial charge in [0.15, 0.2) is 0 Å². The van der Waals surface area contributed by atoms with Crippen LogP contribution in [0.15, 0.2) is 42.7 Å². The Morgan fingerprint density at radius 3 is 2.47 bits per heavy atom. The summed E-state index contributed by atoms with van der Waals surface area (Å²) in [6.45, 7) is 8.62. The number of amides is 1. The van der Waals surface area contributed by atoms with E-state index in [4.69, 9.17) is 14.5 Å². The largest absolute Gasteiger partial charge is 0.379 e. The molecule has 0 aliphatic carbocycles. The molecule has 2 saturated heterocycles. The van der Waals surface area contributed by atoms with E-state index in [0.717, 1.165) is 106 Å². The van der Waals surface area contributed by atoms with Crippen LogP contribution in [0.25, 0.3) is 22.0 Å². The zero-order chi connectivity index (χ0) is 21.8. The number of hydrogen-bond acceptors (Lipinski definition) is 6. The van der Waals surface area contributed by atoms with E-state index >= 15 is 0 Å². The maximum atomic E-state index is 11.0. The summed E-state index contributed by atoms with van der Waals surface area (Å²) in [6.07, 6.45) is 4.89. The smallest absolute Gasteiger partial charge is 0.211 e. The summed E-state index contributed by atoms with van der Waals surface area (Å²) in [7, 11) is 0. The standard InChI is InChI=1S/C24H29N5O3/c30-18-26-20-2-3-21-22(19-1-4-24(25-16-19)28-9-13-32-14-10-28)17-29(23(21)15-20)6-5-27-7-11-31-12-8-27/h1-4,15-18H,5-14H2,(H,26,30). The zero-order valence-electron chi connectivity index (χ0n) is 18.2. The summed E-state index contributed by atoms with van der Waals surface area (Å²) in [4.78, 5) is 20.4. The lowest BCUT2D eigenvalue weighted by Gasteiger charge is -2.27. The maximum absolute atomic E-state index is 11.0. The number of pyridine rings is 1. The fraction of sp³-hybridized carbons (Fsp3) is 0.417. The lowest BCUT2D eigenvalue weighted by atomic mass is 10.1. The number of fused-ring (bicyclic) bond motifs is 1. The van der Waals surface area contributed by atoms with Gasteiger partial charge in [-0.15, -0.1) is 0 Å². The van der Waals surface area contributed by atoms with Gasteiger partial charge in [0.05, 0.1) is 31.9 Å². The Bertz CT molecular complexity index is 1050. The van der Waals surface area contributed by atoms with Gasteiger partial charge in [-0.05, 0) is 24.3 Å². The minimum Gasteiger partial charge on any atom is -0.379 e. The van der Waals surface area contributed by atoms with Crippen LogP contribution in [0, 0.1) is 0 Å². The highest BCUT2D eigenvalue weighted by Gasteiger charge is 2.16. The summed E-state index contributed by atoms with van der Waals surface area (Å²) in [6, 6.07) is 10.3. The van der Waals surface area contributed by atoms with Crippen molar-refractivity contribution in [2.24, 2.45) is 0 Å². The number of nitrogens with zero attached hydrogens (tertiary/aromatic N) is 4. The third-order valence-corrected chi connectivity index (χ3v) is 6.26. The molecular formula is C24H29N5O3. The molecule has 8 nitrogen and oxygen atoms in total. The van der Waals surface area contributed by atoms with E-state index in [1.807, 2.05) is 18.3 Å². The maximum Gasteiger partial charge on any atom is 0.211 e. The van der Waals surface area contributed by atoms with Crippen LogP contribution in [-0.4, -0.2) is 80.0 Å². The third kappa shape index (κ3) is 4.48. The SMILES string of the molecule is O=CNc1ccc2c(-c3ccc(N4CCOCC4)nc3)cn(CCN3CCOCC3)c2c1. The Labute approximate surface area is 187 Å². The molecule has 8 heteroatoms. The molecule has 32 heavy (non-hydrogen) atoms. The Hall–Kier alpha value is -2.94. The Balaban J connectivity index is 1.44. The van der Waals surface area contributed by atoms with E-state index in [0.29, 0.717) is 0 Å². The predicted octanol–water partition coefficient (Wildman–Crippen LogP) is 2.44. The van der Waals surface area contributed by atoms with E-state index in [-0.39, 0.29) is 0 Å². The molecule has 2 aliphatic heterocycles. The topological polar surface area (TPSA) is 71.9 Å². The van der Waals surface area contributed by atoms with Crippen molar-refractivity contribution in [3.05, 3.63) is 42.7 Å². The molecule has 168 valence electrons. The van der Waals surface area contributed by atoms with Gasteiger partial charge in [0.1, 0.15) is 5.82 Å². The number of anilines is 2. The monoisotopic (exact) mass is 435 g/mol. The molecule has 2 fully saturated rings. The molecule has 2 aromatic heterocycles. The highest BCUT2D eigenvalue weighted by Crippen LogP contribution is 2.33. The first-order valence-electron chi connectivity index (χ1n) is 11.2. The summed E-state index contributed by atoms with van der Waals surface area (Å²) in [5.74, 6) is 0.991. The van der Waals surface area contributed by atoms with Crippen LogP contribution in [0.3, 0.4) is 0 Å². The van der Waals surface area contributed by atoms with E-state index in [2.05, 4.69) is 44.1 Å². The van der Waals surface area contributed by atoms with Crippen molar-refractivity contribution in [2.45, 2.75) is 6.54 Å². The van der Waals surface area contributed by atoms with Gasteiger partial charge < -0.3 is 24.3 Å². The van der Waals surface area contributed by atoms with Gasteiger partial charge in [0.2, 0.25) is 6.41 Å². The first kappa shape index (κ1) is 20.9. The number of benzene rings is 1. The van der Waals surface area contributed by atoms with Gasteiger partial charge in [-0.1, -0.05) is 6.07 Å². The lowest BCUT2D eigenvalue weighted by molar-refractivity contribution is -0.105. The molecule has 0 bridgehead atoms. The van der Waals surface area contributed by atoms with Crippen LogP contribution in [0.2, 0.25) is 0 Å². The number of carbonyl (C=O) groups is 1. The molecule has 1 N–H and O–H groups in total. The van der Waals surface area contributed by atoms with Crippen molar-refractivity contribution < 1.29 is 14.3 Å². The van der Waals surface area contributed by atoms with Crippen LogP contribution in [0.4, 0.5) is 11.5 Å². The molecule has 0 radical (unpaired) electrons. The van der Waals surface area contributed by atoms with Crippen molar-refractivity contribution in [2.75, 3.05) is 69.4 Å². The first-order chi connectivity index (χ1) is 15.8. The first-order valence-corrected chi connectivity index (χ1v) is 11.2. The molecule has 0 unspecified atom stereocenters. The lowest BCUT2D eigenvalue weighted by Crippen LogP contribution is -2.38. The molecule has 2 aliphatic rings. The van der Waals surface area contributed by atoms with Crippen LogP contribution in [0.1, 0.15) is 0 Å². The van der Waals surface area contributed by atoms with Crippen molar-refractivity contribution in [1.82, 2.24) is 14.5 Å². The number of aromatic nitrogens is 2. The van der Waals surface area contributed by atoms with Crippen molar-refractivity contribution in [3.8, 4) is 11.1 Å². The molecule has 0 atom stereocenters. The second-order valence-electron chi connectivity index (χ2n) is 8.19. The van der Waals surface area contributed by atoms with E-state index < -0.39 is 0 Å². The number of ether oxygens (including phenoxy) is 2. The van der Waals surface area contributed by atoms with Crippen molar-refractivity contribution in [1.29, 1.82) is 0 Å². The van der Waals surface area contributed by atoms with Crippen LogP contribution < -0.4 is 10.2 Å².